The zero-order chi connectivity index (χ0) is 19.6. The Morgan fingerprint density at radius 1 is 1.29 bits per heavy atom. The van der Waals surface area contributed by atoms with Crippen molar-refractivity contribution in [1.29, 1.82) is 0 Å². The fourth-order valence-electron chi connectivity index (χ4n) is 4.32. The summed E-state index contributed by atoms with van der Waals surface area (Å²) in [5.74, 6) is -0.136. The molecule has 1 unspecified atom stereocenters. The molecule has 1 aromatic carbocycles. The van der Waals surface area contributed by atoms with Crippen LogP contribution in [0.15, 0.2) is 60.1 Å². The largest absolute Gasteiger partial charge is 0.396 e. The van der Waals surface area contributed by atoms with Gasteiger partial charge in [-0.05, 0) is 42.7 Å². The third-order valence-corrected chi connectivity index (χ3v) is 6.21. The predicted octanol–water partition coefficient (Wildman–Crippen LogP) is 3.60. The molecule has 28 heavy (non-hydrogen) atoms. The summed E-state index contributed by atoms with van der Waals surface area (Å²) < 4.78 is 0. The van der Waals surface area contributed by atoms with Crippen LogP contribution < -0.4 is 10.6 Å². The molecule has 0 bridgehead atoms. The van der Waals surface area contributed by atoms with Crippen LogP contribution in [0.4, 0.5) is 0 Å². The second-order valence-electron chi connectivity index (χ2n) is 7.87. The van der Waals surface area contributed by atoms with Crippen LogP contribution in [0.25, 0.3) is 0 Å². The zero-order valence-electron chi connectivity index (χ0n) is 15.8. The van der Waals surface area contributed by atoms with Gasteiger partial charge in [0, 0.05) is 23.2 Å². The Morgan fingerprint density at radius 2 is 2.11 bits per heavy atom. The number of nitrogens with zero attached hydrogens (tertiary/aromatic N) is 1. The summed E-state index contributed by atoms with van der Waals surface area (Å²) in [5.41, 5.74) is 2.19. The van der Waals surface area contributed by atoms with Gasteiger partial charge in [0.25, 0.3) is 5.91 Å². The van der Waals surface area contributed by atoms with Gasteiger partial charge in [-0.1, -0.05) is 49.1 Å². The first kappa shape index (κ1) is 19.1. The summed E-state index contributed by atoms with van der Waals surface area (Å²) in [6, 6.07) is 7.66. The van der Waals surface area contributed by atoms with Crippen molar-refractivity contribution >= 4 is 17.5 Å². The first-order valence-electron chi connectivity index (χ1n) is 9.90. The van der Waals surface area contributed by atoms with E-state index in [-0.39, 0.29) is 24.1 Å². The van der Waals surface area contributed by atoms with Gasteiger partial charge in [0.15, 0.2) is 0 Å². The molecule has 1 aromatic rings. The molecule has 1 fully saturated rings. The Balaban J connectivity index is 1.52. The summed E-state index contributed by atoms with van der Waals surface area (Å²) >= 11 is 6.17. The lowest BCUT2D eigenvalue weighted by Gasteiger charge is -2.35. The lowest BCUT2D eigenvalue weighted by molar-refractivity contribution is -0.118. The molecule has 5 nitrogen and oxygen atoms in total. The molecule has 6 heteroatoms. The number of benzene rings is 1. The summed E-state index contributed by atoms with van der Waals surface area (Å²) in [5, 5.41) is 17.0. The maximum Gasteiger partial charge on any atom is 0.269 e. The van der Waals surface area contributed by atoms with Crippen LogP contribution >= 0.6 is 11.6 Å². The fraction of sp³-hybridized carbons (Fsp3) is 0.409. The minimum absolute atomic E-state index is 0.118. The van der Waals surface area contributed by atoms with Gasteiger partial charge in [-0.3, -0.25) is 4.79 Å². The third kappa shape index (κ3) is 3.69. The quantitative estimate of drug-likeness (QED) is 0.707. The maximum atomic E-state index is 13.0. The smallest absolute Gasteiger partial charge is 0.269 e. The Hall–Kier alpha value is -2.24. The van der Waals surface area contributed by atoms with Gasteiger partial charge in [-0.2, -0.15) is 0 Å². The van der Waals surface area contributed by atoms with Crippen LogP contribution in [0, 0.1) is 5.41 Å². The Kier molecular flexibility index (Phi) is 5.47. The number of aliphatic hydroxyl groups is 1. The molecule has 1 aliphatic carbocycles. The van der Waals surface area contributed by atoms with Crippen molar-refractivity contribution in [3.05, 3.63) is 70.7 Å². The topological polar surface area (TPSA) is 64.6 Å². The normalized spacial score (nSPS) is 22.8. The average Bonchev–Trinajstić information content (AvgIpc) is 3.13. The molecule has 1 atom stereocenters. The number of halogens is 1. The van der Waals surface area contributed by atoms with Gasteiger partial charge in [0.1, 0.15) is 11.9 Å². The number of rotatable bonds is 5. The van der Waals surface area contributed by atoms with Crippen molar-refractivity contribution in [2.45, 2.75) is 38.3 Å². The SMILES string of the molecule is O=C(NCC1(CO)CCCCC1)C1=C2C=CC=CN2C(c2cccc(Cl)c2)N1. The number of carbonyl (C=O) groups excluding carboxylic acids is 1. The van der Waals surface area contributed by atoms with Gasteiger partial charge in [-0.25, -0.2) is 0 Å². The molecule has 1 amide bonds. The molecule has 0 radical (unpaired) electrons. The second-order valence-corrected chi connectivity index (χ2v) is 8.31. The molecule has 0 aromatic heterocycles. The number of hydrogen-bond acceptors (Lipinski definition) is 4. The first-order chi connectivity index (χ1) is 13.6. The highest BCUT2D eigenvalue weighted by atomic mass is 35.5. The number of hydrogen-bond donors (Lipinski definition) is 3. The summed E-state index contributed by atoms with van der Waals surface area (Å²) in [6.07, 6.45) is 13.0. The number of amides is 1. The molecule has 148 valence electrons. The van der Waals surface area contributed by atoms with Crippen molar-refractivity contribution in [3.63, 3.8) is 0 Å². The highest BCUT2D eigenvalue weighted by Crippen LogP contribution is 2.36. The van der Waals surface area contributed by atoms with E-state index in [9.17, 15) is 9.90 Å². The number of allylic oxidation sites excluding steroid dienone is 3. The second kappa shape index (κ2) is 8.02. The number of nitrogens with one attached hydrogen (secondary N) is 2. The molecular formula is C22H26ClN3O2. The molecule has 0 spiro atoms. The lowest BCUT2D eigenvalue weighted by Crippen LogP contribution is -2.43. The van der Waals surface area contributed by atoms with E-state index in [4.69, 9.17) is 11.6 Å². The Morgan fingerprint density at radius 3 is 2.86 bits per heavy atom. The molecular weight excluding hydrogens is 374 g/mol. The highest BCUT2D eigenvalue weighted by Gasteiger charge is 2.36. The first-order valence-corrected chi connectivity index (χ1v) is 10.3. The van der Waals surface area contributed by atoms with E-state index < -0.39 is 0 Å². The molecule has 4 rings (SSSR count). The van der Waals surface area contributed by atoms with Crippen LogP contribution in [0.1, 0.15) is 43.8 Å². The van der Waals surface area contributed by atoms with Crippen molar-refractivity contribution in [2.24, 2.45) is 5.41 Å². The van der Waals surface area contributed by atoms with E-state index in [0.29, 0.717) is 17.3 Å². The van der Waals surface area contributed by atoms with Crippen LogP contribution in [0.3, 0.4) is 0 Å². The highest BCUT2D eigenvalue weighted by molar-refractivity contribution is 6.30. The Bertz CT molecular complexity index is 840. The molecule has 0 saturated heterocycles. The molecule has 3 N–H and O–H groups in total. The fourth-order valence-corrected chi connectivity index (χ4v) is 4.52. The number of aliphatic hydroxyl groups excluding tert-OH is 1. The minimum atomic E-state index is -0.188. The number of fused-ring (bicyclic) bond motifs is 1. The predicted molar refractivity (Wildman–Crippen MR) is 110 cm³/mol. The number of carbonyl (C=O) groups is 1. The van der Waals surface area contributed by atoms with Gasteiger partial charge < -0.3 is 20.6 Å². The molecule has 3 aliphatic rings. The minimum Gasteiger partial charge on any atom is -0.396 e. The standard InChI is InChI=1S/C22H26ClN3O2/c23-17-8-6-7-16(13-17)20-25-19(18-9-2-5-12-26(18)20)21(28)24-14-22(15-27)10-3-1-4-11-22/h2,5-9,12-13,20,25,27H,1,3-4,10-11,14-15H2,(H,24,28). The van der Waals surface area contributed by atoms with Crippen molar-refractivity contribution in [1.82, 2.24) is 15.5 Å². The van der Waals surface area contributed by atoms with Crippen LogP contribution in [-0.2, 0) is 4.79 Å². The summed E-state index contributed by atoms with van der Waals surface area (Å²) in [6.45, 7) is 0.620. The van der Waals surface area contributed by atoms with Crippen molar-refractivity contribution < 1.29 is 9.90 Å². The van der Waals surface area contributed by atoms with Gasteiger partial charge in [-0.15, -0.1) is 0 Å². The third-order valence-electron chi connectivity index (χ3n) is 5.97. The lowest BCUT2D eigenvalue weighted by atomic mass is 9.74. The van der Waals surface area contributed by atoms with E-state index >= 15 is 0 Å². The van der Waals surface area contributed by atoms with E-state index in [1.54, 1.807) is 0 Å². The summed E-state index contributed by atoms with van der Waals surface area (Å²) in [4.78, 5) is 15.1. The summed E-state index contributed by atoms with van der Waals surface area (Å²) in [7, 11) is 0. The Labute approximate surface area is 170 Å². The zero-order valence-corrected chi connectivity index (χ0v) is 16.6. The average molecular weight is 400 g/mol. The van der Waals surface area contributed by atoms with Crippen LogP contribution in [0.2, 0.25) is 5.02 Å². The van der Waals surface area contributed by atoms with E-state index in [1.165, 1.54) is 6.42 Å². The van der Waals surface area contributed by atoms with Crippen LogP contribution in [-0.4, -0.2) is 29.1 Å². The van der Waals surface area contributed by atoms with Gasteiger partial charge in [0.05, 0.1) is 12.3 Å². The molecule has 2 aliphatic heterocycles. The monoisotopic (exact) mass is 399 g/mol. The molecule has 2 heterocycles. The molecule has 1 saturated carbocycles. The van der Waals surface area contributed by atoms with E-state index in [2.05, 4.69) is 10.6 Å². The van der Waals surface area contributed by atoms with E-state index in [1.807, 2.05) is 53.6 Å². The van der Waals surface area contributed by atoms with Crippen molar-refractivity contribution in [3.8, 4) is 0 Å². The van der Waals surface area contributed by atoms with Gasteiger partial charge in [0.2, 0.25) is 0 Å². The van der Waals surface area contributed by atoms with Gasteiger partial charge >= 0.3 is 0 Å². The van der Waals surface area contributed by atoms with E-state index in [0.717, 1.165) is 36.9 Å². The van der Waals surface area contributed by atoms with Crippen LogP contribution in [0.5, 0.6) is 0 Å². The maximum absolute atomic E-state index is 13.0. The van der Waals surface area contributed by atoms with Crippen molar-refractivity contribution in [2.75, 3.05) is 13.2 Å².